The molecule has 2 aromatic rings. The number of carbonyl (C=O) groups excluding carboxylic acids is 2. The number of amides is 3. The molecule has 1 saturated heterocycles. The smallest absolute Gasteiger partial charge is 0.327 e. The average Bonchev–Trinajstić information content (AvgIpc) is 3.24. The summed E-state index contributed by atoms with van der Waals surface area (Å²) in [6.45, 7) is 0.747. The first-order valence-electron chi connectivity index (χ1n) is 7.26. The van der Waals surface area contributed by atoms with Crippen LogP contribution in [0.15, 0.2) is 22.7 Å². The number of urea groups is 1. The van der Waals surface area contributed by atoms with Gasteiger partial charge in [0.2, 0.25) is 11.7 Å². The molecule has 0 bridgehead atoms. The summed E-state index contributed by atoms with van der Waals surface area (Å²) in [6, 6.07) is 5.36. The molecular weight excluding hydrogens is 300 g/mol. The van der Waals surface area contributed by atoms with Gasteiger partial charge in [-0.1, -0.05) is 5.16 Å². The fourth-order valence-electron chi connectivity index (χ4n) is 2.72. The first-order chi connectivity index (χ1) is 11.1. The number of rotatable bonds is 3. The maximum Gasteiger partial charge on any atom is 0.327 e. The predicted octanol–water partition coefficient (Wildman–Crippen LogP) is 1.07. The van der Waals surface area contributed by atoms with Crippen molar-refractivity contribution in [3.8, 4) is 17.1 Å². The van der Waals surface area contributed by atoms with E-state index in [1.807, 2.05) is 18.2 Å². The Morgan fingerprint density at radius 2 is 2.17 bits per heavy atom. The van der Waals surface area contributed by atoms with E-state index in [0.717, 1.165) is 28.2 Å². The molecule has 0 aliphatic carbocycles. The van der Waals surface area contributed by atoms with Crippen LogP contribution in [-0.4, -0.2) is 52.1 Å². The van der Waals surface area contributed by atoms with Crippen molar-refractivity contribution in [3.63, 3.8) is 0 Å². The zero-order valence-corrected chi connectivity index (χ0v) is 12.5. The molecule has 2 aliphatic heterocycles. The minimum Gasteiger partial charge on any atom is -0.493 e. The number of nitrogens with zero attached hydrogens (tertiary/aromatic N) is 4. The zero-order valence-electron chi connectivity index (χ0n) is 12.5. The highest BCUT2D eigenvalue weighted by Gasteiger charge is 2.34. The largest absolute Gasteiger partial charge is 0.493 e. The fraction of sp³-hybridized carbons (Fsp3) is 0.333. The molecule has 0 N–H and O–H groups in total. The Bertz CT molecular complexity index is 801. The number of likely N-dealkylation sites (N-methyl/N-ethyl adjacent to an activating group) is 1. The lowest BCUT2D eigenvalue weighted by Crippen LogP contribution is -2.31. The molecule has 0 unspecified atom stereocenters. The van der Waals surface area contributed by atoms with Crippen molar-refractivity contribution in [1.82, 2.24) is 19.9 Å². The van der Waals surface area contributed by atoms with Crippen molar-refractivity contribution < 1.29 is 18.8 Å². The van der Waals surface area contributed by atoms with Gasteiger partial charge in [0.05, 0.1) is 6.61 Å². The van der Waals surface area contributed by atoms with Crippen molar-refractivity contribution >= 4 is 11.9 Å². The van der Waals surface area contributed by atoms with Crippen molar-refractivity contribution in [2.24, 2.45) is 0 Å². The van der Waals surface area contributed by atoms with Gasteiger partial charge in [-0.2, -0.15) is 4.98 Å². The van der Waals surface area contributed by atoms with Crippen LogP contribution in [0.2, 0.25) is 0 Å². The minimum absolute atomic E-state index is 0.0109. The van der Waals surface area contributed by atoms with E-state index in [9.17, 15) is 9.59 Å². The van der Waals surface area contributed by atoms with E-state index in [1.165, 1.54) is 4.90 Å². The van der Waals surface area contributed by atoms with Gasteiger partial charge in [-0.05, 0) is 23.8 Å². The van der Waals surface area contributed by atoms with E-state index in [1.54, 1.807) is 7.05 Å². The van der Waals surface area contributed by atoms with Crippen LogP contribution in [0.1, 0.15) is 11.5 Å². The molecule has 23 heavy (non-hydrogen) atoms. The molecule has 0 radical (unpaired) electrons. The second kappa shape index (κ2) is 5.08. The number of aromatic nitrogens is 2. The predicted molar refractivity (Wildman–Crippen MR) is 77.5 cm³/mol. The van der Waals surface area contributed by atoms with E-state index in [2.05, 4.69) is 10.1 Å². The molecule has 0 atom stereocenters. The lowest BCUT2D eigenvalue weighted by molar-refractivity contribution is -0.125. The summed E-state index contributed by atoms with van der Waals surface area (Å²) in [5, 5.41) is 3.93. The lowest BCUT2D eigenvalue weighted by atomic mass is 10.1. The molecular formula is C15H14N4O4. The van der Waals surface area contributed by atoms with Gasteiger partial charge in [-0.3, -0.25) is 9.69 Å². The Morgan fingerprint density at radius 3 is 2.96 bits per heavy atom. The van der Waals surface area contributed by atoms with Gasteiger partial charge in [-0.25, -0.2) is 4.79 Å². The second-order valence-electron chi connectivity index (χ2n) is 5.55. The summed E-state index contributed by atoms with van der Waals surface area (Å²) in [7, 11) is 1.58. The topological polar surface area (TPSA) is 88.8 Å². The minimum atomic E-state index is -0.357. The normalized spacial score (nSPS) is 16.9. The van der Waals surface area contributed by atoms with Crippen LogP contribution in [0.4, 0.5) is 4.79 Å². The summed E-state index contributed by atoms with van der Waals surface area (Å²) in [5.41, 5.74) is 1.93. The molecule has 8 heteroatoms. The van der Waals surface area contributed by atoms with Crippen molar-refractivity contribution in [2.75, 3.05) is 20.2 Å². The number of hydrogen-bond acceptors (Lipinski definition) is 6. The molecule has 0 spiro atoms. The van der Waals surface area contributed by atoms with E-state index in [4.69, 9.17) is 9.26 Å². The third kappa shape index (κ3) is 2.32. The van der Waals surface area contributed by atoms with Gasteiger partial charge in [-0.15, -0.1) is 0 Å². The summed E-state index contributed by atoms with van der Waals surface area (Å²) < 4.78 is 10.6. The maximum atomic E-state index is 11.9. The molecule has 8 nitrogen and oxygen atoms in total. The summed E-state index contributed by atoms with van der Waals surface area (Å²) in [5.74, 6) is 1.27. The second-order valence-corrected chi connectivity index (χ2v) is 5.55. The molecule has 118 valence electrons. The Balaban J connectivity index is 1.55. The monoisotopic (exact) mass is 314 g/mol. The van der Waals surface area contributed by atoms with Crippen LogP contribution in [-0.2, 0) is 17.8 Å². The van der Waals surface area contributed by atoms with Gasteiger partial charge in [0.1, 0.15) is 18.8 Å². The van der Waals surface area contributed by atoms with E-state index in [-0.39, 0.29) is 30.9 Å². The highest BCUT2D eigenvalue weighted by atomic mass is 16.5. The van der Waals surface area contributed by atoms with Crippen molar-refractivity contribution in [2.45, 2.75) is 13.0 Å². The van der Waals surface area contributed by atoms with Crippen LogP contribution in [0.25, 0.3) is 11.4 Å². The number of fused-ring (bicyclic) bond motifs is 1. The van der Waals surface area contributed by atoms with Gasteiger partial charge < -0.3 is 14.2 Å². The average molecular weight is 314 g/mol. The number of imide groups is 1. The van der Waals surface area contributed by atoms with Gasteiger partial charge >= 0.3 is 6.03 Å². The summed E-state index contributed by atoms with van der Waals surface area (Å²) >= 11 is 0. The molecule has 2 aliphatic rings. The molecule has 3 amide bonds. The number of benzene rings is 1. The first-order valence-corrected chi connectivity index (χ1v) is 7.26. The fourth-order valence-corrected chi connectivity index (χ4v) is 2.72. The number of carbonyl (C=O) groups is 2. The van der Waals surface area contributed by atoms with Crippen molar-refractivity contribution in [3.05, 3.63) is 29.7 Å². The SMILES string of the molecule is CN1CC(=O)N(Cc2nc(-c3ccc4c(c3)CCO4)no2)C1=O. The van der Waals surface area contributed by atoms with Crippen molar-refractivity contribution in [1.29, 1.82) is 0 Å². The highest BCUT2D eigenvalue weighted by Crippen LogP contribution is 2.29. The van der Waals surface area contributed by atoms with Crippen LogP contribution in [0, 0.1) is 0 Å². The van der Waals surface area contributed by atoms with E-state index in [0.29, 0.717) is 12.4 Å². The third-order valence-electron chi connectivity index (χ3n) is 3.94. The molecule has 1 fully saturated rings. The van der Waals surface area contributed by atoms with E-state index >= 15 is 0 Å². The van der Waals surface area contributed by atoms with Gasteiger partial charge in [0, 0.05) is 19.0 Å². The summed E-state index contributed by atoms with van der Waals surface area (Å²) in [4.78, 5) is 30.3. The zero-order chi connectivity index (χ0) is 16.0. The quantitative estimate of drug-likeness (QED) is 0.787. The standard InChI is InChI=1S/C15H14N4O4/c1-18-8-13(20)19(15(18)21)7-12-16-14(17-23-12)10-2-3-11-9(6-10)4-5-22-11/h2-3,6H,4-5,7-8H2,1H3. The molecule has 0 saturated carbocycles. The maximum absolute atomic E-state index is 11.9. The Morgan fingerprint density at radius 1 is 1.30 bits per heavy atom. The molecule has 1 aromatic carbocycles. The van der Waals surface area contributed by atoms with Crippen LogP contribution in [0.5, 0.6) is 5.75 Å². The van der Waals surface area contributed by atoms with Crippen LogP contribution >= 0.6 is 0 Å². The number of hydrogen-bond donors (Lipinski definition) is 0. The summed E-state index contributed by atoms with van der Waals surface area (Å²) in [6.07, 6.45) is 0.858. The molecule has 3 heterocycles. The third-order valence-corrected chi connectivity index (χ3v) is 3.94. The van der Waals surface area contributed by atoms with Crippen LogP contribution < -0.4 is 4.74 Å². The molecule has 4 rings (SSSR count). The van der Waals surface area contributed by atoms with Gasteiger partial charge in [0.25, 0.3) is 5.91 Å². The molecule has 1 aromatic heterocycles. The van der Waals surface area contributed by atoms with E-state index < -0.39 is 0 Å². The Hall–Kier alpha value is -2.90. The van der Waals surface area contributed by atoms with Gasteiger partial charge in [0.15, 0.2) is 0 Å². The first kappa shape index (κ1) is 13.7. The Kier molecular flexibility index (Phi) is 3.03. The highest BCUT2D eigenvalue weighted by molar-refractivity contribution is 6.01. The van der Waals surface area contributed by atoms with Crippen LogP contribution in [0.3, 0.4) is 0 Å². The number of ether oxygens (including phenoxy) is 1. The lowest BCUT2D eigenvalue weighted by Gasteiger charge is -2.10. The Labute approximate surface area is 131 Å².